The lowest BCUT2D eigenvalue weighted by molar-refractivity contribution is -0.153. The number of methoxy groups -OCH3 is 1. The van der Waals surface area contributed by atoms with Gasteiger partial charge < -0.3 is 34.4 Å². The highest BCUT2D eigenvalue weighted by Gasteiger charge is 2.26. The van der Waals surface area contributed by atoms with Crippen LogP contribution in [0.15, 0.2) is 0 Å². The van der Waals surface area contributed by atoms with Crippen molar-refractivity contribution in [3.63, 3.8) is 0 Å². The number of hydrogen-bond acceptors (Lipinski definition) is 10. The van der Waals surface area contributed by atoms with Gasteiger partial charge >= 0.3 is 17.9 Å². The van der Waals surface area contributed by atoms with Gasteiger partial charge in [-0.3, -0.25) is 14.4 Å². The normalized spacial score (nSPS) is 17.5. The van der Waals surface area contributed by atoms with Crippen LogP contribution in [-0.2, 0) is 38.1 Å². The quantitative estimate of drug-likeness (QED) is 0.0575. The second-order valence-electron chi connectivity index (χ2n) is 11.8. The Balaban J connectivity index is 0.00000234. The molecule has 0 aromatic heterocycles. The fourth-order valence-electron chi connectivity index (χ4n) is 4.69. The van der Waals surface area contributed by atoms with Gasteiger partial charge in [-0.15, -0.1) is 0 Å². The molecule has 0 aromatic carbocycles. The van der Waals surface area contributed by atoms with E-state index in [0.717, 1.165) is 77.1 Å². The zero-order valence-electron chi connectivity index (χ0n) is 28.5. The Morgan fingerprint density at radius 3 is 1.70 bits per heavy atom. The minimum atomic E-state index is -0.679. The molecular weight excluding hydrogens is 564 g/mol. The van der Waals surface area contributed by atoms with Gasteiger partial charge in [-0.05, 0) is 76.3 Å². The van der Waals surface area contributed by atoms with Gasteiger partial charge in [0.05, 0.1) is 38.7 Å². The largest absolute Gasteiger partial charge is 0.465 e. The van der Waals surface area contributed by atoms with E-state index in [9.17, 15) is 19.2 Å². The summed E-state index contributed by atoms with van der Waals surface area (Å²) in [7, 11) is 1.75. The lowest BCUT2D eigenvalue weighted by Crippen LogP contribution is -2.41. The molecule has 2 N–H and O–H groups in total. The Hall–Kier alpha value is -2.04. The molecule has 1 fully saturated rings. The summed E-state index contributed by atoms with van der Waals surface area (Å²) >= 11 is 0. The summed E-state index contributed by atoms with van der Waals surface area (Å²) in [4.78, 5) is 48.1. The lowest BCUT2D eigenvalue weighted by Gasteiger charge is -2.28. The van der Waals surface area contributed by atoms with Crippen molar-refractivity contribution in [2.45, 2.75) is 136 Å². The predicted octanol–water partition coefficient (Wildman–Crippen LogP) is 5.54. The average molecular weight is 629 g/mol. The number of carbonyl (C=O) groups excluding carboxylic acids is 4. The van der Waals surface area contributed by atoms with Gasteiger partial charge in [-0.2, -0.15) is 0 Å². The van der Waals surface area contributed by atoms with Crippen LogP contribution in [0.1, 0.15) is 124 Å². The maximum Gasteiger partial charge on any atom is 0.323 e. The van der Waals surface area contributed by atoms with Gasteiger partial charge in [0.15, 0.2) is 0 Å². The summed E-state index contributed by atoms with van der Waals surface area (Å²) in [5, 5.41) is 6.20. The fraction of sp³-hybridized carbons (Fsp3) is 0.882. The third-order valence-electron chi connectivity index (χ3n) is 7.68. The van der Waals surface area contributed by atoms with Gasteiger partial charge in [0.2, 0.25) is 0 Å². The Morgan fingerprint density at radius 1 is 0.682 bits per heavy atom. The second-order valence-corrected chi connectivity index (χ2v) is 11.8. The molecule has 1 aliphatic carbocycles. The van der Waals surface area contributed by atoms with Gasteiger partial charge in [0.1, 0.15) is 12.3 Å². The van der Waals surface area contributed by atoms with Crippen LogP contribution in [0.2, 0.25) is 0 Å². The van der Waals surface area contributed by atoms with E-state index < -0.39 is 24.0 Å². The van der Waals surface area contributed by atoms with E-state index in [2.05, 4.69) is 31.4 Å². The van der Waals surface area contributed by atoms with Crippen molar-refractivity contribution in [3.05, 3.63) is 0 Å². The fourth-order valence-corrected chi connectivity index (χ4v) is 4.69. The monoisotopic (exact) mass is 628 g/mol. The first-order chi connectivity index (χ1) is 21.3. The Bertz CT molecular complexity index is 724. The first-order valence-corrected chi connectivity index (χ1v) is 17.2. The zero-order chi connectivity index (χ0) is 32.8. The molecule has 1 saturated carbocycles. The van der Waals surface area contributed by atoms with Crippen LogP contribution >= 0.6 is 0 Å². The van der Waals surface area contributed by atoms with Crippen LogP contribution in [-0.4, -0.2) is 82.9 Å². The minimum absolute atomic E-state index is 0.0327. The summed E-state index contributed by atoms with van der Waals surface area (Å²) in [5.74, 6) is -0.597. The smallest absolute Gasteiger partial charge is 0.323 e. The van der Waals surface area contributed by atoms with Crippen molar-refractivity contribution >= 4 is 24.2 Å². The van der Waals surface area contributed by atoms with Gasteiger partial charge in [0, 0.05) is 13.7 Å². The second kappa shape index (κ2) is 29.7. The molecule has 2 unspecified atom stereocenters. The Morgan fingerprint density at radius 2 is 1.20 bits per heavy atom. The third kappa shape index (κ3) is 23.4. The van der Waals surface area contributed by atoms with Crippen molar-refractivity contribution in [1.29, 1.82) is 0 Å². The molecule has 0 aromatic rings. The van der Waals surface area contributed by atoms with Crippen LogP contribution in [0.25, 0.3) is 0 Å². The molecule has 0 saturated heterocycles. The molecule has 1 aliphatic rings. The van der Waals surface area contributed by atoms with Crippen LogP contribution in [0.4, 0.5) is 0 Å². The predicted molar refractivity (Wildman–Crippen MR) is 173 cm³/mol. The summed E-state index contributed by atoms with van der Waals surface area (Å²) in [6.45, 7) is 11.7. The van der Waals surface area contributed by atoms with E-state index in [-0.39, 0.29) is 30.6 Å². The number of rotatable bonds is 25. The number of carbonyl (C=O) groups is 4. The number of hydrogen-bond donors (Lipinski definition) is 2. The van der Waals surface area contributed by atoms with E-state index in [1.807, 2.05) is 6.92 Å². The number of ether oxygens (including phenoxy) is 4. The van der Waals surface area contributed by atoms with E-state index in [4.69, 9.17) is 18.9 Å². The number of esters is 3. The standard InChI is InChI=1S/C28H50N2O7.C6H14O/c1-4-7-14-29-24(19-31)17-26(32)36-20-22-10-12-23(13-11-22)21-37-27(33)18-25(30-15-8-5-2)28(34)35-16-9-6-3;1-3-4-5-6-7-2/h19,22-25,29-30H,4-18,20-21H2,1-3H3;3-6H2,1-2H3. The molecule has 0 amide bonds. The molecule has 0 radical (unpaired) electrons. The van der Waals surface area contributed by atoms with Crippen LogP contribution in [0, 0.1) is 11.8 Å². The van der Waals surface area contributed by atoms with Crippen molar-refractivity contribution in [2.24, 2.45) is 11.8 Å². The van der Waals surface area contributed by atoms with E-state index >= 15 is 0 Å². The maximum atomic E-state index is 12.4. The van der Waals surface area contributed by atoms with Crippen molar-refractivity contribution in [1.82, 2.24) is 10.6 Å². The van der Waals surface area contributed by atoms with Crippen molar-refractivity contribution < 1.29 is 38.1 Å². The number of unbranched alkanes of at least 4 members (excludes halogenated alkanes) is 5. The molecule has 0 spiro atoms. The van der Waals surface area contributed by atoms with Crippen molar-refractivity contribution in [2.75, 3.05) is 46.6 Å². The highest BCUT2D eigenvalue weighted by atomic mass is 16.5. The van der Waals surface area contributed by atoms with E-state index in [1.54, 1.807) is 7.11 Å². The van der Waals surface area contributed by atoms with Gasteiger partial charge in [-0.25, -0.2) is 0 Å². The van der Waals surface area contributed by atoms with E-state index in [0.29, 0.717) is 32.9 Å². The summed E-state index contributed by atoms with van der Waals surface area (Å²) in [5.41, 5.74) is 0. The molecule has 44 heavy (non-hydrogen) atoms. The van der Waals surface area contributed by atoms with Crippen molar-refractivity contribution in [3.8, 4) is 0 Å². The molecule has 1 rings (SSSR count). The summed E-state index contributed by atoms with van der Waals surface area (Å²) in [6, 6.07) is -1.17. The molecule has 10 heteroatoms. The minimum Gasteiger partial charge on any atom is -0.465 e. The molecule has 258 valence electrons. The SMILES string of the molecule is CCCCCOC.CCCCNC(C=O)CC(=O)OCC1CCC(COC(=O)CC(NCCCC)C(=O)OCCCC)CC1. The number of aldehydes is 1. The molecule has 0 aliphatic heterocycles. The van der Waals surface area contributed by atoms with Crippen LogP contribution in [0.3, 0.4) is 0 Å². The van der Waals surface area contributed by atoms with Gasteiger partial charge in [0.25, 0.3) is 0 Å². The van der Waals surface area contributed by atoms with Crippen LogP contribution < -0.4 is 10.6 Å². The molecule has 0 heterocycles. The Labute approximate surface area is 267 Å². The Kier molecular flexibility index (Phi) is 28.3. The highest BCUT2D eigenvalue weighted by Crippen LogP contribution is 2.29. The molecular formula is C34H64N2O8. The van der Waals surface area contributed by atoms with Crippen LogP contribution in [0.5, 0.6) is 0 Å². The summed E-state index contributed by atoms with van der Waals surface area (Å²) < 4.78 is 21.1. The topological polar surface area (TPSA) is 129 Å². The average Bonchev–Trinajstić information content (AvgIpc) is 3.03. The highest BCUT2D eigenvalue weighted by molar-refractivity contribution is 5.82. The molecule has 0 bridgehead atoms. The van der Waals surface area contributed by atoms with E-state index in [1.165, 1.54) is 19.3 Å². The zero-order valence-corrected chi connectivity index (χ0v) is 28.5. The van der Waals surface area contributed by atoms with Gasteiger partial charge in [-0.1, -0.05) is 59.8 Å². The maximum absolute atomic E-state index is 12.4. The first-order valence-electron chi connectivity index (χ1n) is 17.2. The number of nitrogens with one attached hydrogen (secondary N) is 2. The third-order valence-corrected chi connectivity index (χ3v) is 7.68. The molecule has 10 nitrogen and oxygen atoms in total. The summed E-state index contributed by atoms with van der Waals surface area (Å²) in [6.07, 6.45) is 13.8. The first kappa shape index (κ1) is 42.0. The lowest BCUT2D eigenvalue weighted by atomic mass is 9.83. The molecule has 2 atom stereocenters.